The summed E-state index contributed by atoms with van der Waals surface area (Å²) in [6.07, 6.45) is 2.12. The number of nitrogens with two attached hydrogens (primary N) is 1. The van der Waals surface area contributed by atoms with Crippen LogP contribution in [0.3, 0.4) is 0 Å². The van der Waals surface area contributed by atoms with E-state index in [1.165, 1.54) is 0 Å². The van der Waals surface area contributed by atoms with Gasteiger partial charge in [-0.25, -0.2) is 5.90 Å². The van der Waals surface area contributed by atoms with Crippen molar-refractivity contribution in [2.45, 2.75) is 26.7 Å². The molecule has 0 saturated carbocycles. The zero-order valence-corrected chi connectivity index (χ0v) is 7.22. The van der Waals surface area contributed by atoms with Crippen LogP contribution in [-0.4, -0.2) is 20.3 Å². The Kier molecular flexibility index (Phi) is 20.0. The number of ether oxygens (including phenoxy) is 1. The molecule has 64 valence electrons. The third-order valence-corrected chi connectivity index (χ3v) is 0.730. The van der Waals surface area contributed by atoms with Gasteiger partial charge in [0.05, 0.1) is 6.61 Å². The predicted octanol–water partition coefficient (Wildman–Crippen LogP) is 1.33. The number of rotatable bonds is 4. The average molecular weight is 149 g/mol. The lowest BCUT2D eigenvalue weighted by molar-refractivity contribution is 0.138. The lowest BCUT2D eigenvalue weighted by Crippen LogP contribution is -1.97. The number of hydrogen-bond acceptors (Lipinski definition) is 3. The van der Waals surface area contributed by atoms with Crippen molar-refractivity contribution >= 4 is 0 Å². The minimum atomic E-state index is 0.667. The minimum absolute atomic E-state index is 0.667. The lowest BCUT2D eigenvalue weighted by Gasteiger charge is -1.84. The Balaban J connectivity index is 0. The van der Waals surface area contributed by atoms with E-state index in [1.54, 1.807) is 7.11 Å². The van der Waals surface area contributed by atoms with E-state index in [9.17, 15) is 0 Å². The van der Waals surface area contributed by atoms with Crippen molar-refractivity contribution in [3.05, 3.63) is 0 Å². The Hall–Kier alpha value is -0.120. The largest absolute Gasteiger partial charge is 0.385 e. The third kappa shape index (κ3) is 24.8. The summed E-state index contributed by atoms with van der Waals surface area (Å²) < 4.78 is 4.69. The highest BCUT2D eigenvalue weighted by atomic mass is 16.6. The molecule has 0 heterocycles. The Morgan fingerprint density at radius 2 is 1.60 bits per heavy atom. The Bertz CT molecular complexity index is 32.6. The maximum Gasteiger partial charge on any atom is 0.0676 e. The Labute approximate surface area is 63.5 Å². The molecular weight excluding hydrogens is 130 g/mol. The highest BCUT2D eigenvalue weighted by Gasteiger charge is 1.67. The van der Waals surface area contributed by atoms with E-state index in [-0.39, 0.29) is 0 Å². The molecule has 0 fully saturated rings. The van der Waals surface area contributed by atoms with Gasteiger partial charge in [-0.2, -0.15) is 0 Å². The van der Waals surface area contributed by atoms with Crippen LogP contribution in [0.1, 0.15) is 26.7 Å². The molecule has 0 amide bonds. The maximum atomic E-state index is 4.69. The van der Waals surface area contributed by atoms with Gasteiger partial charge < -0.3 is 9.57 Å². The van der Waals surface area contributed by atoms with Crippen molar-refractivity contribution < 1.29 is 9.57 Å². The molecular formula is C7H19NO2. The number of methoxy groups -OCH3 is 1. The Morgan fingerprint density at radius 3 is 1.60 bits per heavy atom. The quantitative estimate of drug-likeness (QED) is 0.613. The average Bonchev–Trinajstić information content (AvgIpc) is 1.93. The van der Waals surface area contributed by atoms with Crippen LogP contribution in [0.2, 0.25) is 0 Å². The standard InChI is InChI=1S/C4H10O.C3H9NO/c1-3-4-5-2;1-2-3-5-4/h3-4H2,1-2H3;2-4H2,1H3. The Morgan fingerprint density at radius 1 is 1.10 bits per heavy atom. The maximum absolute atomic E-state index is 4.69. The molecule has 0 radical (unpaired) electrons. The molecule has 0 aromatic rings. The summed E-state index contributed by atoms with van der Waals surface area (Å²) in [5.41, 5.74) is 0. The van der Waals surface area contributed by atoms with Crippen LogP contribution < -0.4 is 5.90 Å². The summed E-state index contributed by atoms with van der Waals surface area (Å²) in [5, 5.41) is 0. The third-order valence-electron chi connectivity index (χ3n) is 0.730. The fraction of sp³-hybridized carbons (Fsp3) is 1.00. The molecule has 10 heavy (non-hydrogen) atoms. The van der Waals surface area contributed by atoms with Gasteiger partial charge in [0, 0.05) is 13.7 Å². The van der Waals surface area contributed by atoms with Gasteiger partial charge in [0.25, 0.3) is 0 Å². The normalized spacial score (nSPS) is 8.40. The van der Waals surface area contributed by atoms with Gasteiger partial charge in [-0.05, 0) is 12.8 Å². The van der Waals surface area contributed by atoms with E-state index in [1.807, 2.05) is 6.92 Å². The molecule has 0 spiro atoms. The highest BCUT2D eigenvalue weighted by Crippen LogP contribution is 1.70. The van der Waals surface area contributed by atoms with Gasteiger partial charge in [0.2, 0.25) is 0 Å². The van der Waals surface area contributed by atoms with E-state index in [0.717, 1.165) is 19.4 Å². The van der Waals surface area contributed by atoms with Crippen molar-refractivity contribution in [3.63, 3.8) is 0 Å². The van der Waals surface area contributed by atoms with Crippen LogP contribution >= 0.6 is 0 Å². The summed E-state index contributed by atoms with van der Waals surface area (Å²) in [4.78, 5) is 4.19. The molecule has 0 bridgehead atoms. The van der Waals surface area contributed by atoms with Crippen LogP contribution in [-0.2, 0) is 9.57 Å². The zero-order valence-electron chi connectivity index (χ0n) is 7.22. The van der Waals surface area contributed by atoms with Gasteiger partial charge in [0.1, 0.15) is 0 Å². The van der Waals surface area contributed by atoms with E-state index < -0.39 is 0 Å². The van der Waals surface area contributed by atoms with E-state index >= 15 is 0 Å². The van der Waals surface area contributed by atoms with Crippen molar-refractivity contribution in [1.29, 1.82) is 0 Å². The first-order valence-corrected chi connectivity index (χ1v) is 3.64. The lowest BCUT2D eigenvalue weighted by atomic mass is 10.5. The second-order valence-corrected chi connectivity index (χ2v) is 1.86. The van der Waals surface area contributed by atoms with E-state index in [0.29, 0.717) is 6.61 Å². The summed E-state index contributed by atoms with van der Waals surface area (Å²) in [6, 6.07) is 0. The first-order chi connectivity index (χ1) is 4.83. The first-order valence-electron chi connectivity index (χ1n) is 3.64. The first kappa shape index (κ1) is 12.5. The molecule has 0 rings (SSSR count). The van der Waals surface area contributed by atoms with E-state index in [4.69, 9.17) is 4.74 Å². The molecule has 0 unspecified atom stereocenters. The van der Waals surface area contributed by atoms with Gasteiger partial charge in [0.15, 0.2) is 0 Å². The van der Waals surface area contributed by atoms with Crippen LogP contribution in [0.25, 0.3) is 0 Å². The van der Waals surface area contributed by atoms with Gasteiger partial charge in [-0.3, -0.25) is 0 Å². The number of hydrogen-bond donors (Lipinski definition) is 1. The molecule has 0 aromatic heterocycles. The molecule has 0 aliphatic rings. The highest BCUT2D eigenvalue weighted by molar-refractivity contribution is 4.15. The monoisotopic (exact) mass is 149 g/mol. The van der Waals surface area contributed by atoms with Crippen LogP contribution in [0.15, 0.2) is 0 Å². The van der Waals surface area contributed by atoms with Crippen LogP contribution in [0.5, 0.6) is 0 Å². The van der Waals surface area contributed by atoms with Gasteiger partial charge in [-0.15, -0.1) is 0 Å². The molecule has 0 aliphatic carbocycles. The van der Waals surface area contributed by atoms with Crippen LogP contribution in [0, 0.1) is 0 Å². The van der Waals surface area contributed by atoms with Crippen LogP contribution in [0.4, 0.5) is 0 Å². The van der Waals surface area contributed by atoms with Crippen molar-refractivity contribution in [2.24, 2.45) is 5.90 Å². The topological polar surface area (TPSA) is 44.5 Å². The molecule has 2 N–H and O–H groups in total. The summed E-state index contributed by atoms with van der Waals surface area (Å²) in [6.45, 7) is 5.65. The van der Waals surface area contributed by atoms with Gasteiger partial charge in [-0.1, -0.05) is 13.8 Å². The molecule has 3 heteroatoms. The molecule has 0 aromatic carbocycles. The summed E-state index contributed by atoms with van der Waals surface area (Å²) in [5.74, 6) is 4.64. The SMILES string of the molecule is CCCOC.CCCON. The zero-order chi connectivity index (χ0) is 8.24. The fourth-order valence-electron chi connectivity index (χ4n) is 0.322. The smallest absolute Gasteiger partial charge is 0.0676 e. The molecule has 0 atom stereocenters. The van der Waals surface area contributed by atoms with E-state index in [2.05, 4.69) is 17.7 Å². The molecule has 0 aliphatic heterocycles. The van der Waals surface area contributed by atoms with Gasteiger partial charge >= 0.3 is 0 Å². The molecule has 3 nitrogen and oxygen atoms in total. The molecule has 0 saturated heterocycles. The van der Waals surface area contributed by atoms with Crippen molar-refractivity contribution in [2.75, 3.05) is 20.3 Å². The summed E-state index contributed by atoms with van der Waals surface area (Å²) in [7, 11) is 1.71. The van der Waals surface area contributed by atoms with Crippen molar-refractivity contribution in [1.82, 2.24) is 0 Å². The second kappa shape index (κ2) is 15.9. The minimum Gasteiger partial charge on any atom is -0.385 e. The van der Waals surface area contributed by atoms with Crippen molar-refractivity contribution in [3.8, 4) is 0 Å². The fourth-order valence-corrected chi connectivity index (χ4v) is 0.322. The second-order valence-electron chi connectivity index (χ2n) is 1.86. The summed E-state index contributed by atoms with van der Waals surface area (Å²) >= 11 is 0. The predicted molar refractivity (Wildman–Crippen MR) is 42.6 cm³/mol.